The fraction of sp³-hybridized carbons (Fsp3) is 0.381. The number of pyridine rings is 1. The Labute approximate surface area is 169 Å². The minimum Gasteiger partial charge on any atom is -0.379 e. The van der Waals surface area contributed by atoms with E-state index in [1.54, 1.807) is 32.2 Å². The van der Waals surface area contributed by atoms with Crippen molar-refractivity contribution in [1.29, 1.82) is 0 Å². The van der Waals surface area contributed by atoms with Crippen molar-refractivity contribution in [3.05, 3.63) is 69.1 Å². The topological polar surface area (TPSA) is 42.2 Å². The molecule has 0 radical (unpaired) electrons. The van der Waals surface area contributed by atoms with Crippen LogP contribution in [0.5, 0.6) is 0 Å². The first-order valence-corrected chi connectivity index (χ1v) is 9.84. The third-order valence-corrected chi connectivity index (χ3v) is 6.12. The van der Waals surface area contributed by atoms with Gasteiger partial charge < -0.3 is 9.67 Å². The van der Waals surface area contributed by atoms with Gasteiger partial charge in [0.05, 0.1) is 16.8 Å². The second-order valence-corrected chi connectivity index (χ2v) is 8.91. The highest BCUT2D eigenvalue weighted by molar-refractivity contribution is 7.17. The number of nitrogens with zero attached hydrogens (tertiary/aromatic N) is 1. The largest absolute Gasteiger partial charge is 0.418 e. The van der Waals surface area contributed by atoms with Gasteiger partial charge in [0.2, 0.25) is 0 Å². The van der Waals surface area contributed by atoms with Gasteiger partial charge in [0.1, 0.15) is 5.82 Å². The smallest absolute Gasteiger partial charge is 0.379 e. The normalized spacial score (nSPS) is 14.9. The van der Waals surface area contributed by atoms with Gasteiger partial charge in [-0.05, 0) is 53.5 Å². The van der Waals surface area contributed by atoms with E-state index in [1.165, 1.54) is 35.0 Å². The van der Waals surface area contributed by atoms with Crippen LogP contribution in [0.1, 0.15) is 31.4 Å². The molecule has 0 spiro atoms. The Morgan fingerprint density at radius 1 is 1.14 bits per heavy atom. The number of hydrogen-bond donors (Lipinski definition) is 1. The molecule has 0 fully saturated rings. The van der Waals surface area contributed by atoms with E-state index in [0.29, 0.717) is 21.3 Å². The van der Waals surface area contributed by atoms with Gasteiger partial charge in [-0.25, -0.2) is 4.39 Å². The summed E-state index contributed by atoms with van der Waals surface area (Å²) in [7, 11) is 0. The molecule has 3 rings (SSSR count). The molecular weight excluding hydrogens is 406 g/mol. The van der Waals surface area contributed by atoms with Gasteiger partial charge in [0.25, 0.3) is 0 Å². The summed E-state index contributed by atoms with van der Waals surface area (Å²) in [5.41, 5.74) is -3.14. The molecule has 8 heteroatoms. The van der Waals surface area contributed by atoms with Crippen molar-refractivity contribution in [2.75, 3.05) is 0 Å². The Hall–Kier alpha value is -2.19. The quantitative estimate of drug-likeness (QED) is 0.571. The molecule has 2 aromatic heterocycles. The molecule has 3 aromatic rings. The molecule has 2 heterocycles. The maximum Gasteiger partial charge on any atom is 0.418 e. The van der Waals surface area contributed by atoms with Crippen molar-refractivity contribution in [1.82, 2.24) is 4.57 Å². The van der Waals surface area contributed by atoms with Crippen LogP contribution >= 0.6 is 11.3 Å². The SMILES string of the molecule is Cc1ccc(F)cc1C(C)(C)CC(O)(Cn1ccc(=O)c2sccc21)C(F)(F)F. The van der Waals surface area contributed by atoms with E-state index < -0.39 is 36.0 Å². The zero-order valence-corrected chi connectivity index (χ0v) is 17.0. The molecule has 1 unspecified atom stereocenters. The first kappa shape index (κ1) is 21.5. The minimum atomic E-state index is -4.93. The molecule has 0 saturated carbocycles. The molecule has 0 saturated heterocycles. The molecule has 0 amide bonds. The van der Waals surface area contributed by atoms with Crippen molar-refractivity contribution in [2.24, 2.45) is 0 Å². The summed E-state index contributed by atoms with van der Waals surface area (Å²) in [5.74, 6) is -0.547. The molecule has 0 aliphatic rings. The van der Waals surface area contributed by atoms with E-state index in [2.05, 4.69) is 0 Å². The number of halogens is 4. The summed E-state index contributed by atoms with van der Waals surface area (Å²) in [6.07, 6.45) is -4.35. The molecule has 0 aliphatic heterocycles. The van der Waals surface area contributed by atoms with Gasteiger partial charge in [-0.1, -0.05) is 19.9 Å². The second-order valence-electron chi connectivity index (χ2n) is 7.99. The molecular formula is C21H21F4NO2S. The van der Waals surface area contributed by atoms with Gasteiger partial charge in [0.15, 0.2) is 11.0 Å². The van der Waals surface area contributed by atoms with Crippen LogP contribution < -0.4 is 5.43 Å². The first-order chi connectivity index (χ1) is 13.3. The Morgan fingerprint density at radius 2 is 1.83 bits per heavy atom. The van der Waals surface area contributed by atoms with E-state index in [9.17, 15) is 27.5 Å². The van der Waals surface area contributed by atoms with Crippen LogP contribution in [-0.4, -0.2) is 21.5 Å². The van der Waals surface area contributed by atoms with Crippen molar-refractivity contribution >= 4 is 21.6 Å². The van der Waals surface area contributed by atoms with Crippen LogP contribution in [0.2, 0.25) is 0 Å². The van der Waals surface area contributed by atoms with E-state index in [4.69, 9.17) is 0 Å². The lowest BCUT2D eigenvalue weighted by Gasteiger charge is -2.39. The Kier molecular flexibility index (Phi) is 5.38. The Bertz CT molecular complexity index is 1100. The number of aromatic nitrogens is 1. The van der Waals surface area contributed by atoms with Gasteiger partial charge >= 0.3 is 6.18 Å². The number of thiophene rings is 1. The average Bonchev–Trinajstić information content (AvgIpc) is 3.09. The third kappa shape index (κ3) is 4.09. The predicted molar refractivity (Wildman–Crippen MR) is 106 cm³/mol. The van der Waals surface area contributed by atoms with Crippen LogP contribution in [0.15, 0.2) is 46.7 Å². The number of benzene rings is 1. The standard InChI is InChI=1S/C21H21F4NO2S/c1-13-4-5-14(22)10-15(13)19(2,3)11-20(28,21(23,24)25)12-26-8-6-17(27)18-16(26)7-9-29-18/h4-10,28H,11-12H2,1-3H3. The first-order valence-electron chi connectivity index (χ1n) is 8.96. The Balaban J connectivity index is 2.05. The van der Waals surface area contributed by atoms with Crippen molar-refractivity contribution in [3.8, 4) is 0 Å². The van der Waals surface area contributed by atoms with Crippen molar-refractivity contribution in [3.63, 3.8) is 0 Å². The fourth-order valence-electron chi connectivity index (χ4n) is 3.84. The molecule has 0 bridgehead atoms. The summed E-state index contributed by atoms with van der Waals surface area (Å²) in [6.45, 7) is 4.02. The van der Waals surface area contributed by atoms with E-state index in [-0.39, 0.29) is 5.43 Å². The highest BCUT2D eigenvalue weighted by Gasteiger charge is 2.56. The molecule has 0 aliphatic carbocycles. The number of alkyl halides is 3. The monoisotopic (exact) mass is 427 g/mol. The van der Waals surface area contributed by atoms with Crippen molar-refractivity contribution < 1.29 is 22.7 Å². The van der Waals surface area contributed by atoms with Crippen LogP contribution in [-0.2, 0) is 12.0 Å². The van der Waals surface area contributed by atoms with Gasteiger partial charge in [0, 0.05) is 12.3 Å². The van der Waals surface area contributed by atoms with Gasteiger partial charge in [-0.2, -0.15) is 13.2 Å². The van der Waals surface area contributed by atoms with Crippen LogP contribution in [0, 0.1) is 12.7 Å². The molecule has 1 aromatic carbocycles. The molecule has 156 valence electrons. The summed E-state index contributed by atoms with van der Waals surface area (Å²) in [4.78, 5) is 11.9. The lowest BCUT2D eigenvalue weighted by molar-refractivity contribution is -0.271. The summed E-state index contributed by atoms with van der Waals surface area (Å²) >= 11 is 1.14. The minimum absolute atomic E-state index is 0.280. The second kappa shape index (κ2) is 7.25. The average molecular weight is 427 g/mol. The lowest BCUT2D eigenvalue weighted by atomic mass is 9.73. The van der Waals surface area contributed by atoms with Gasteiger partial charge in [-0.3, -0.25) is 4.79 Å². The number of hydrogen-bond acceptors (Lipinski definition) is 3. The maximum absolute atomic E-state index is 14.0. The zero-order valence-electron chi connectivity index (χ0n) is 16.2. The zero-order chi connectivity index (χ0) is 21.6. The van der Waals surface area contributed by atoms with Crippen LogP contribution in [0.25, 0.3) is 10.2 Å². The maximum atomic E-state index is 14.0. The molecule has 1 N–H and O–H groups in total. The molecule has 3 nitrogen and oxygen atoms in total. The molecule has 29 heavy (non-hydrogen) atoms. The fourth-order valence-corrected chi connectivity index (χ4v) is 4.67. The van der Waals surface area contributed by atoms with Gasteiger partial charge in [-0.15, -0.1) is 11.3 Å². The summed E-state index contributed by atoms with van der Waals surface area (Å²) in [6, 6.07) is 6.72. The molecule has 1 atom stereocenters. The number of aliphatic hydroxyl groups is 1. The van der Waals surface area contributed by atoms with E-state index in [1.807, 2.05) is 0 Å². The number of aryl methyl sites for hydroxylation is 1. The lowest BCUT2D eigenvalue weighted by Crippen LogP contribution is -2.52. The van der Waals surface area contributed by atoms with Crippen molar-refractivity contribution in [2.45, 2.75) is 50.9 Å². The third-order valence-electron chi connectivity index (χ3n) is 5.21. The Morgan fingerprint density at radius 3 is 2.48 bits per heavy atom. The number of rotatable bonds is 5. The predicted octanol–water partition coefficient (Wildman–Crippen LogP) is 5.17. The number of fused-ring (bicyclic) bond motifs is 1. The summed E-state index contributed by atoms with van der Waals surface area (Å²) < 4.78 is 57.4. The summed E-state index contributed by atoms with van der Waals surface area (Å²) in [5, 5.41) is 12.4. The highest BCUT2D eigenvalue weighted by Crippen LogP contribution is 2.43. The van der Waals surface area contributed by atoms with Crippen LogP contribution in [0.4, 0.5) is 17.6 Å². The van der Waals surface area contributed by atoms with E-state index >= 15 is 0 Å². The highest BCUT2D eigenvalue weighted by atomic mass is 32.1. The van der Waals surface area contributed by atoms with E-state index in [0.717, 1.165) is 11.3 Å². The van der Waals surface area contributed by atoms with Crippen LogP contribution in [0.3, 0.4) is 0 Å².